The van der Waals surface area contributed by atoms with Crippen molar-refractivity contribution in [3.8, 4) is 0 Å². The van der Waals surface area contributed by atoms with Crippen LogP contribution in [0.4, 0.5) is 4.79 Å². The van der Waals surface area contributed by atoms with Gasteiger partial charge in [0.1, 0.15) is 12.7 Å². The summed E-state index contributed by atoms with van der Waals surface area (Å²) in [6, 6.07) is 0. The van der Waals surface area contributed by atoms with Gasteiger partial charge in [0.25, 0.3) is 0 Å². The molecule has 0 saturated carbocycles. The average Bonchev–Trinajstić information content (AvgIpc) is 2.53. The van der Waals surface area contributed by atoms with Gasteiger partial charge in [0, 0.05) is 0 Å². The van der Waals surface area contributed by atoms with E-state index >= 15 is 0 Å². The number of carbonyl (C=O) groups excluding carboxylic acids is 2. The highest BCUT2D eigenvalue weighted by molar-refractivity contribution is 5.75. The summed E-state index contributed by atoms with van der Waals surface area (Å²) in [5.74, 6) is -0.287. The highest BCUT2D eigenvalue weighted by Gasteiger charge is 2.35. The molecule has 0 aromatic carbocycles. The number of hydrogen-bond acceptors (Lipinski definition) is 5. The lowest BCUT2D eigenvalue weighted by Gasteiger charge is -2.21. The van der Waals surface area contributed by atoms with Crippen LogP contribution >= 0.6 is 0 Å². The van der Waals surface area contributed by atoms with Gasteiger partial charge in [-0.2, -0.15) is 0 Å². The van der Waals surface area contributed by atoms with Crippen LogP contribution in [-0.4, -0.2) is 30.9 Å². The van der Waals surface area contributed by atoms with Gasteiger partial charge in [-0.25, -0.2) is 4.79 Å². The molecular weight excluding hydrogens is 212 g/mol. The normalized spacial score (nSPS) is 24.9. The maximum absolute atomic E-state index is 11.6. The minimum Gasteiger partial charge on any atom is -0.461 e. The minimum atomic E-state index is -0.705. The topological polar surface area (TPSA) is 61.8 Å². The van der Waals surface area contributed by atoms with Crippen molar-refractivity contribution in [2.45, 2.75) is 46.3 Å². The number of ether oxygens (including phenoxy) is 3. The smallest absolute Gasteiger partial charge is 0.461 e. The third kappa shape index (κ3) is 2.87. The van der Waals surface area contributed by atoms with Gasteiger partial charge in [-0.3, -0.25) is 4.79 Å². The van der Waals surface area contributed by atoms with Gasteiger partial charge < -0.3 is 14.2 Å². The van der Waals surface area contributed by atoms with Crippen molar-refractivity contribution >= 4 is 12.1 Å². The van der Waals surface area contributed by atoms with Crippen LogP contribution in [0.25, 0.3) is 0 Å². The Morgan fingerprint density at radius 3 is 2.50 bits per heavy atom. The molecule has 5 heteroatoms. The van der Waals surface area contributed by atoms with Gasteiger partial charge in [-0.15, -0.1) is 0 Å². The van der Waals surface area contributed by atoms with Crippen LogP contribution in [0.3, 0.4) is 0 Å². The van der Waals surface area contributed by atoms with Crippen molar-refractivity contribution < 1.29 is 23.8 Å². The van der Waals surface area contributed by atoms with Gasteiger partial charge in [-0.05, 0) is 27.2 Å². The molecule has 16 heavy (non-hydrogen) atoms. The first-order chi connectivity index (χ1) is 7.36. The first kappa shape index (κ1) is 12.8. The summed E-state index contributed by atoms with van der Waals surface area (Å²) in [6.07, 6.45) is -0.875. The maximum atomic E-state index is 11.6. The second kappa shape index (κ2) is 4.72. The molecule has 0 aromatic heterocycles. The summed E-state index contributed by atoms with van der Waals surface area (Å²) in [6.45, 7) is 7.30. The Balaban J connectivity index is 2.41. The summed E-state index contributed by atoms with van der Waals surface area (Å²) in [4.78, 5) is 22.4. The summed E-state index contributed by atoms with van der Waals surface area (Å²) in [5, 5.41) is 0. The molecule has 2 unspecified atom stereocenters. The van der Waals surface area contributed by atoms with Gasteiger partial charge in [0.15, 0.2) is 6.10 Å². The fourth-order valence-electron chi connectivity index (χ4n) is 1.14. The highest BCUT2D eigenvalue weighted by atomic mass is 16.8. The quantitative estimate of drug-likeness (QED) is 0.690. The molecule has 0 amide bonds. The van der Waals surface area contributed by atoms with Crippen molar-refractivity contribution in [1.29, 1.82) is 0 Å². The molecule has 0 N–H and O–H groups in total. The zero-order valence-electron chi connectivity index (χ0n) is 10.1. The predicted octanol–water partition coefficient (Wildman–Crippen LogP) is 1.89. The Bertz CT molecular complexity index is 284. The second-order valence-electron chi connectivity index (χ2n) is 4.57. The number of hydrogen-bond donors (Lipinski definition) is 0. The molecule has 1 rings (SSSR count). The third-order valence-corrected chi connectivity index (χ3v) is 2.87. The van der Waals surface area contributed by atoms with E-state index in [0.717, 1.165) is 0 Å². The summed E-state index contributed by atoms with van der Waals surface area (Å²) >= 11 is 0. The molecular formula is C11H18O5. The van der Waals surface area contributed by atoms with Crippen molar-refractivity contribution in [3.05, 3.63) is 0 Å². The van der Waals surface area contributed by atoms with Crippen LogP contribution in [0.1, 0.15) is 34.1 Å². The third-order valence-electron chi connectivity index (χ3n) is 2.87. The van der Waals surface area contributed by atoms with Gasteiger partial charge in [0.05, 0.1) is 5.41 Å². The average molecular weight is 230 g/mol. The molecule has 0 spiro atoms. The molecule has 0 radical (unpaired) electrons. The molecule has 1 heterocycles. The van der Waals surface area contributed by atoms with E-state index in [1.54, 1.807) is 6.92 Å². The van der Waals surface area contributed by atoms with Crippen molar-refractivity contribution in [2.75, 3.05) is 6.61 Å². The van der Waals surface area contributed by atoms with Gasteiger partial charge >= 0.3 is 12.1 Å². The number of cyclic esters (lactones) is 2. The zero-order valence-corrected chi connectivity index (χ0v) is 10.1. The SMILES string of the molecule is CCC(C)(C)C(=O)OCC1OC(=O)OC1C. The van der Waals surface area contributed by atoms with Crippen LogP contribution in [-0.2, 0) is 19.0 Å². The van der Waals surface area contributed by atoms with E-state index in [0.29, 0.717) is 6.42 Å². The molecule has 1 aliphatic rings. The van der Waals surface area contributed by atoms with E-state index in [4.69, 9.17) is 14.2 Å². The van der Waals surface area contributed by atoms with Crippen molar-refractivity contribution in [3.63, 3.8) is 0 Å². The lowest BCUT2D eigenvalue weighted by atomic mass is 9.91. The monoisotopic (exact) mass is 230 g/mol. The Kier molecular flexibility index (Phi) is 3.78. The maximum Gasteiger partial charge on any atom is 0.509 e. The molecule has 0 bridgehead atoms. The lowest BCUT2D eigenvalue weighted by Crippen LogP contribution is -2.32. The van der Waals surface area contributed by atoms with Crippen LogP contribution < -0.4 is 0 Å². The zero-order chi connectivity index (χ0) is 12.3. The first-order valence-electron chi connectivity index (χ1n) is 5.41. The molecule has 0 aliphatic carbocycles. The first-order valence-corrected chi connectivity index (χ1v) is 5.41. The second-order valence-corrected chi connectivity index (χ2v) is 4.57. The summed E-state index contributed by atoms with van der Waals surface area (Å²) in [7, 11) is 0. The molecule has 2 atom stereocenters. The van der Waals surface area contributed by atoms with Crippen molar-refractivity contribution in [1.82, 2.24) is 0 Å². The van der Waals surface area contributed by atoms with Gasteiger partial charge in [0.2, 0.25) is 0 Å². The van der Waals surface area contributed by atoms with E-state index in [1.165, 1.54) is 0 Å². The lowest BCUT2D eigenvalue weighted by molar-refractivity contribution is -0.157. The van der Waals surface area contributed by atoms with Crippen LogP contribution in [0, 0.1) is 5.41 Å². The molecule has 1 aliphatic heterocycles. The Morgan fingerprint density at radius 2 is 2.06 bits per heavy atom. The molecule has 1 fully saturated rings. The van der Waals surface area contributed by atoms with Crippen molar-refractivity contribution in [2.24, 2.45) is 5.41 Å². The van der Waals surface area contributed by atoms with E-state index in [9.17, 15) is 9.59 Å². The van der Waals surface area contributed by atoms with E-state index < -0.39 is 17.7 Å². The predicted molar refractivity (Wildman–Crippen MR) is 55.8 cm³/mol. The molecule has 1 saturated heterocycles. The number of rotatable bonds is 4. The minimum absolute atomic E-state index is 0.0508. The Hall–Kier alpha value is -1.26. The summed E-state index contributed by atoms with van der Waals surface area (Å²) < 4.78 is 14.7. The summed E-state index contributed by atoms with van der Waals surface area (Å²) in [5.41, 5.74) is -0.507. The molecule has 5 nitrogen and oxygen atoms in total. The Labute approximate surface area is 95.0 Å². The van der Waals surface area contributed by atoms with E-state index in [2.05, 4.69) is 0 Å². The standard InChI is InChI=1S/C11H18O5/c1-5-11(3,4)9(12)14-6-8-7(2)15-10(13)16-8/h7-8H,5-6H2,1-4H3. The largest absolute Gasteiger partial charge is 0.509 e. The van der Waals surface area contributed by atoms with Crippen LogP contribution in [0.15, 0.2) is 0 Å². The fourth-order valence-corrected chi connectivity index (χ4v) is 1.14. The number of esters is 1. The Morgan fingerprint density at radius 1 is 1.44 bits per heavy atom. The fraction of sp³-hybridized carbons (Fsp3) is 0.818. The number of carbonyl (C=O) groups is 2. The van der Waals surface area contributed by atoms with E-state index in [-0.39, 0.29) is 18.7 Å². The van der Waals surface area contributed by atoms with Gasteiger partial charge in [-0.1, -0.05) is 6.92 Å². The highest BCUT2D eigenvalue weighted by Crippen LogP contribution is 2.22. The molecule has 92 valence electrons. The van der Waals surface area contributed by atoms with Crippen LogP contribution in [0.5, 0.6) is 0 Å². The molecule has 0 aromatic rings. The van der Waals surface area contributed by atoms with Crippen LogP contribution in [0.2, 0.25) is 0 Å². The van der Waals surface area contributed by atoms with E-state index in [1.807, 2.05) is 20.8 Å².